The van der Waals surface area contributed by atoms with Crippen molar-refractivity contribution in [2.45, 2.75) is 26.3 Å². The van der Waals surface area contributed by atoms with E-state index < -0.39 is 10.9 Å². The van der Waals surface area contributed by atoms with E-state index in [-0.39, 0.29) is 16.8 Å². The molecule has 0 unspecified atom stereocenters. The maximum Gasteiger partial charge on any atom is 0.339 e. The summed E-state index contributed by atoms with van der Waals surface area (Å²) in [6, 6.07) is 2.71. The van der Waals surface area contributed by atoms with Crippen molar-refractivity contribution in [1.82, 2.24) is 0 Å². The Bertz CT molecular complexity index is 523. The van der Waals surface area contributed by atoms with Crippen LogP contribution in [0.1, 0.15) is 31.1 Å². The van der Waals surface area contributed by atoms with Crippen LogP contribution in [-0.4, -0.2) is 23.5 Å². The molecule has 0 bridgehead atoms. The summed E-state index contributed by atoms with van der Waals surface area (Å²) in [5.74, 6) is -0.628. The highest BCUT2D eigenvalue weighted by Crippen LogP contribution is 2.33. The molecule has 0 aliphatic carbocycles. The summed E-state index contributed by atoms with van der Waals surface area (Å²) >= 11 is 3.22. The third-order valence-electron chi connectivity index (χ3n) is 2.20. The minimum absolute atomic E-state index is 0.119. The number of nitro benzene ring substituents is 1. The molecule has 0 amide bonds. The summed E-state index contributed by atoms with van der Waals surface area (Å²) in [6.45, 7) is 5.66. The number of esters is 1. The Morgan fingerprint density at radius 3 is 2.42 bits per heavy atom. The van der Waals surface area contributed by atoms with Crippen molar-refractivity contribution in [3.8, 4) is 0 Å². The first-order valence-corrected chi connectivity index (χ1v) is 6.29. The van der Waals surface area contributed by atoms with Crippen molar-refractivity contribution in [3.63, 3.8) is 0 Å². The molecule has 7 heteroatoms. The van der Waals surface area contributed by atoms with Crippen LogP contribution in [0.2, 0.25) is 0 Å². The Morgan fingerprint density at radius 2 is 2.00 bits per heavy atom. The second-order valence-corrected chi connectivity index (χ2v) is 5.83. The van der Waals surface area contributed by atoms with Crippen molar-refractivity contribution < 1.29 is 14.5 Å². The SMILES string of the molecule is COC(=O)c1cc([N+](=O)[O-])c(NC(C)(C)C)cc1Br. The van der Waals surface area contributed by atoms with Gasteiger partial charge in [-0.3, -0.25) is 10.1 Å². The molecular weight excluding hydrogens is 316 g/mol. The van der Waals surface area contributed by atoms with Crippen molar-refractivity contribution >= 4 is 33.3 Å². The Morgan fingerprint density at radius 1 is 1.42 bits per heavy atom. The molecular formula is C12H15BrN2O4. The molecule has 1 aromatic rings. The first-order chi connectivity index (χ1) is 8.65. The van der Waals surface area contributed by atoms with Crippen molar-refractivity contribution in [2.24, 2.45) is 0 Å². The van der Waals surface area contributed by atoms with Gasteiger partial charge in [0.15, 0.2) is 0 Å². The lowest BCUT2D eigenvalue weighted by Gasteiger charge is -2.22. The van der Waals surface area contributed by atoms with Crippen LogP contribution in [0.5, 0.6) is 0 Å². The maximum absolute atomic E-state index is 11.5. The molecule has 0 aromatic heterocycles. The number of carbonyl (C=O) groups excluding carboxylic acids is 1. The van der Waals surface area contributed by atoms with Crippen molar-refractivity contribution in [3.05, 3.63) is 32.3 Å². The average Bonchev–Trinajstić information content (AvgIpc) is 2.25. The molecule has 0 heterocycles. The largest absolute Gasteiger partial charge is 0.465 e. The third kappa shape index (κ3) is 3.92. The predicted molar refractivity (Wildman–Crippen MR) is 75.5 cm³/mol. The standard InChI is InChI=1S/C12H15BrN2O4/c1-12(2,3)14-9-6-8(13)7(11(16)19-4)5-10(9)15(17)18/h5-6,14H,1-4H3. The second kappa shape index (κ2) is 5.56. The summed E-state index contributed by atoms with van der Waals surface area (Å²) in [6.07, 6.45) is 0. The van der Waals surface area contributed by atoms with E-state index in [9.17, 15) is 14.9 Å². The third-order valence-corrected chi connectivity index (χ3v) is 2.85. The number of halogens is 1. The Hall–Kier alpha value is -1.63. The number of rotatable bonds is 3. The highest BCUT2D eigenvalue weighted by molar-refractivity contribution is 9.10. The number of nitro groups is 1. The minimum atomic E-state index is -0.628. The molecule has 1 N–H and O–H groups in total. The van der Waals surface area contributed by atoms with Crippen molar-refractivity contribution in [2.75, 3.05) is 12.4 Å². The molecule has 0 aliphatic heterocycles. The van der Waals surface area contributed by atoms with Crippen LogP contribution in [0, 0.1) is 10.1 Å². The van der Waals surface area contributed by atoms with E-state index in [1.165, 1.54) is 19.2 Å². The number of nitrogens with zero attached hydrogens (tertiary/aromatic N) is 1. The van der Waals surface area contributed by atoms with Crippen molar-refractivity contribution in [1.29, 1.82) is 0 Å². The van der Waals surface area contributed by atoms with E-state index in [0.717, 1.165) is 0 Å². The zero-order valence-electron chi connectivity index (χ0n) is 11.1. The van der Waals surface area contributed by atoms with E-state index in [0.29, 0.717) is 10.2 Å². The lowest BCUT2D eigenvalue weighted by atomic mass is 10.1. The van der Waals surface area contributed by atoms with Gasteiger partial charge in [0.1, 0.15) is 5.69 Å². The maximum atomic E-state index is 11.5. The summed E-state index contributed by atoms with van der Waals surface area (Å²) in [7, 11) is 1.22. The van der Waals surface area contributed by atoms with Gasteiger partial charge in [-0.1, -0.05) is 0 Å². The quantitative estimate of drug-likeness (QED) is 0.522. The number of carbonyl (C=O) groups is 1. The number of hydrogen-bond acceptors (Lipinski definition) is 5. The summed E-state index contributed by atoms with van der Waals surface area (Å²) in [5.41, 5.74) is -0.0408. The van der Waals surface area contributed by atoms with Crippen LogP contribution >= 0.6 is 15.9 Å². The number of hydrogen-bond donors (Lipinski definition) is 1. The van der Waals surface area contributed by atoms with Gasteiger partial charge in [0.05, 0.1) is 17.6 Å². The van der Waals surface area contributed by atoms with Gasteiger partial charge in [0.2, 0.25) is 0 Å². The monoisotopic (exact) mass is 330 g/mol. The zero-order chi connectivity index (χ0) is 14.8. The topological polar surface area (TPSA) is 81.5 Å². The van der Waals surface area contributed by atoms with Gasteiger partial charge in [-0.05, 0) is 42.8 Å². The molecule has 0 spiro atoms. The van der Waals surface area contributed by atoms with Crippen LogP contribution in [0.3, 0.4) is 0 Å². The molecule has 1 aromatic carbocycles. The van der Waals surface area contributed by atoms with Gasteiger partial charge in [-0.25, -0.2) is 4.79 Å². The molecule has 19 heavy (non-hydrogen) atoms. The van der Waals surface area contributed by atoms with Gasteiger partial charge >= 0.3 is 5.97 Å². The number of nitrogens with one attached hydrogen (secondary N) is 1. The number of methoxy groups -OCH3 is 1. The molecule has 0 atom stereocenters. The van der Waals surface area contributed by atoms with E-state index in [2.05, 4.69) is 26.0 Å². The first-order valence-electron chi connectivity index (χ1n) is 5.50. The number of anilines is 1. The normalized spacial score (nSPS) is 11.0. The summed E-state index contributed by atoms with van der Waals surface area (Å²) < 4.78 is 5.02. The summed E-state index contributed by atoms with van der Waals surface area (Å²) in [4.78, 5) is 22.1. The lowest BCUT2D eigenvalue weighted by molar-refractivity contribution is -0.384. The van der Waals surface area contributed by atoms with E-state index >= 15 is 0 Å². The van der Waals surface area contributed by atoms with E-state index in [1.54, 1.807) is 0 Å². The van der Waals surface area contributed by atoms with Gasteiger partial charge < -0.3 is 10.1 Å². The predicted octanol–water partition coefficient (Wildman–Crippen LogP) is 3.35. The van der Waals surface area contributed by atoms with Crippen LogP contribution in [0.25, 0.3) is 0 Å². The van der Waals surface area contributed by atoms with Gasteiger partial charge in [-0.15, -0.1) is 0 Å². The summed E-state index contributed by atoms with van der Waals surface area (Å²) in [5, 5.41) is 14.1. The molecule has 104 valence electrons. The van der Waals surface area contributed by atoms with Crippen LogP contribution in [0.15, 0.2) is 16.6 Å². The smallest absolute Gasteiger partial charge is 0.339 e. The Balaban J connectivity index is 3.37. The lowest BCUT2D eigenvalue weighted by Crippen LogP contribution is -2.26. The number of ether oxygens (including phenoxy) is 1. The molecule has 0 saturated heterocycles. The zero-order valence-corrected chi connectivity index (χ0v) is 12.7. The molecule has 6 nitrogen and oxygen atoms in total. The second-order valence-electron chi connectivity index (χ2n) is 4.97. The first kappa shape index (κ1) is 15.4. The highest BCUT2D eigenvalue weighted by Gasteiger charge is 2.23. The molecule has 0 saturated carbocycles. The number of benzene rings is 1. The molecule has 1 rings (SSSR count). The van der Waals surface area contributed by atoms with Crippen LogP contribution in [-0.2, 0) is 4.74 Å². The highest BCUT2D eigenvalue weighted by atomic mass is 79.9. The Labute approximate surface area is 119 Å². The fourth-order valence-electron chi connectivity index (χ4n) is 1.48. The molecule has 0 fully saturated rings. The minimum Gasteiger partial charge on any atom is -0.465 e. The fraction of sp³-hybridized carbons (Fsp3) is 0.417. The molecule has 0 radical (unpaired) electrons. The van der Waals surface area contributed by atoms with E-state index in [1.807, 2.05) is 20.8 Å². The fourth-order valence-corrected chi connectivity index (χ4v) is 1.99. The molecule has 0 aliphatic rings. The average molecular weight is 331 g/mol. The van der Waals surface area contributed by atoms with E-state index in [4.69, 9.17) is 0 Å². The van der Waals surface area contributed by atoms with Gasteiger partial charge in [0, 0.05) is 16.1 Å². The Kier molecular flexibility index (Phi) is 4.52. The van der Waals surface area contributed by atoms with Gasteiger partial charge in [-0.2, -0.15) is 0 Å². The van der Waals surface area contributed by atoms with Crippen LogP contribution < -0.4 is 5.32 Å². The van der Waals surface area contributed by atoms with Crippen LogP contribution in [0.4, 0.5) is 11.4 Å². The van der Waals surface area contributed by atoms with Gasteiger partial charge in [0.25, 0.3) is 5.69 Å².